The third-order valence-electron chi connectivity index (χ3n) is 11.3. The van der Waals surface area contributed by atoms with Gasteiger partial charge in [-0.25, -0.2) is 0 Å². The van der Waals surface area contributed by atoms with Gasteiger partial charge in [0.15, 0.2) is 19.8 Å². The highest BCUT2D eigenvalue weighted by molar-refractivity contribution is 6.74. The summed E-state index contributed by atoms with van der Waals surface area (Å²) in [7, 11) is 3.12. The summed E-state index contributed by atoms with van der Waals surface area (Å²) in [5, 5.41) is 1.24. The second-order valence-electron chi connectivity index (χ2n) is 14.9. The molecular weight excluding hydrogens is 577 g/mol. The van der Waals surface area contributed by atoms with Crippen LogP contribution in [-0.4, -0.2) is 58.7 Å². The van der Waals surface area contributed by atoms with Crippen LogP contribution >= 0.6 is 0 Å². The van der Waals surface area contributed by atoms with E-state index in [9.17, 15) is 0 Å². The zero-order valence-corrected chi connectivity index (χ0v) is 29.6. The molecule has 7 heteroatoms. The molecule has 3 aromatic rings. The highest BCUT2D eigenvalue weighted by Crippen LogP contribution is 2.48. The maximum Gasteiger partial charge on any atom is 0.192 e. The van der Waals surface area contributed by atoms with E-state index in [1.807, 2.05) is 12.1 Å². The number of rotatable bonds is 10. The molecule has 1 aliphatic carbocycles. The van der Waals surface area contributed by atoms with Crippen LogP contribution in [0, 0.1) is 11.8 Å². The third kappa shape index (κ3) is 6.41. The van der Waals surface area contributed by atoms with Crippen molar-refractivity contribution in [3.8, 4) is 17.2 Å². The standard InChI is InChI=1S/C38H52N2O4Si/c1-38(2,3)45(7,8)44-37(30-18-29-19-31(41-4)14-15-33(29)39-23-30)34-20-26-16-17-40(34)24-28(26)13-12-25-10-9-11-27-21-35(42-5)36(43-6)22-32(25)27/h10,14-15,18-19,21-23,26,28,34,37H,9,11-13,16-17,20,24H2,1-8H3/t26?,28?,34-,37-/m1/s1. The Morgan fingerprint density at radius 2 is 1.78 bits per heavy atom. The van der Waals surface area contributed by atoms with Gasteiger partial charge in [-0.1, -0.05) is 26.8 Å². The molecule has 45 heavy (non-hydrogen) atoms. The molecular formula is C38H52N2O4Si. The Kier molecular flexibility index (Phi) is 9.08. The van der Waals surface area contributed by atoms with Crippen molar-refractivity contribution >= 4 is 24.8 Å². The molecule has 4 aliphatic rings. The number of allylic oxidation sites excluding steroid dienone is 2. The molecule has 2 bridgehead atoms. The molecule has 3 aliphatic heterocycles. The number of pyridine rings is 1. The van der Waals surface area contributed by atoms with Crippen LogP contribution in [0.1, 0.15) is 75.7 Å². The molecule has 6 nitrogen and oxygen atoms in total. The summed E-state index contributed by atoms with van der Waals surface area (Å²) in [5.74, 6) is 3.93. The Bertz CT molecular complexity index is 1560. The fraction of sp³-hybridized carbons (Fsp3) is 0.553. The van der Waals surface area contributed by atoms with Crippen molar-refractivity contribution in [1.82, 2.24) is 9.88 Å². The zero-order valence-electron chi connectivity index (χ0n) is 28.6. The van der Waals surface area contributed by atoms with Gasteiger partial charge in [-0.2, -0.15) is 0 Å². The van der Waals surface area contributed by atoms with E-state index in [0.717, 1.165) is 60.5 Å². The Balaban J connectivity index is 1.23. The summed E-state index contributed by atoms with van der Waals surface area (Å²) < 4.78 is 24.2. The van der Waals surface area contributed by atoms with Gasteiger partial charge in [-0.15, -0.1) is 0 Å². The van der Waals surface area contributed by atoms with Crippen molar-refractivity contribution in [2.45, 2.75) is 89.6 Å². The van der Waals surface area contributed by atoms with Gasteiger partial charge in [-0.05, 0) is 128 Å². The van der Waals surface area contributed by atoms with Crippen LogP contribution in [0.15, 0.2) is 48.7 Å². The predicted octanol–water partition coefficient (Wildman–Crippen LogP) is 8.84. The average molecular weight is 629 g/mol. The van der Waals surface area contributed by atoms with E-state index in [1.165, 1.54) is 41.5 Å². The van der Waals surface area contributed by atoms with Crippen LogP contribution in [-0.2, 0) is 10.8 Å². The van der Waals surface area contributed by atoms with E-state index in [-0.39, 0.29) is 11.1 Å². The smallest absolute Gasteiger partial charge is 0.192 e. The summed E-state index contributed by atoms with van der Waals surface area (Å²) >= 11 is 0. The van der Waals surface area contributed by atoms with Crippen molar-refractivity contribution in [3.63, 3.8) is 0 Å². The first-order valence-electron chi connectivity index (χ1n) is 16.8. The summed E-state index contributed by atoms with van der Waals surface area (Å²) in [6.07, 6.45) is 11.5. The highest BCUT2D eigenvalue weighted by atomic mass is 28.4. The maximum atomic E-state index is 7.35. The van der Waals surface area contributed by atoms with Crippen molar-refractivity contribution in [3.05, 3.63) is 65.4 Å². The number of hydrogen-bond acceptors (Lipinski definition) is 6. The second-order valence-corrected chi connectivity index (χ2v) is 19.7. The van der Waals surface area contributed by atoms with Gasteiger partial charge in [0.25, 0.3) is 0 Å². The van der Waals surface area contributed by atoms with Gasteiger partial charge in [0.1, 0.15) is 5.75 Å². The Morgan fingerprint density at radius 1 is 1.00 bits per heavy atom. The highest BCUT2D eigenvalue weighted by Gasteiger charge is 2.47. The lowest BCUT2D eigenvalue weighted by molar-refractivity contribution is -0.0531. The maximum absolute atomic E-state index is 7.35. The van der Waals surface area contributed by atoms with Crippen LogP contribution in [0.4, 0.5) is 0 Å². The number of nitrogens with zero attached hydrogens (tertiary/aromatic N) is 2. The molecule has 3 fully saturated rings. The molecule has 0 N–H and O–H groups in total. The monoisotopic (exact) mass is 628 g/mol. The van der Waals surface area contributed by atoms with Gasteiger partial charge < -0.3 is 18.6 Å². The molecule has 7 rings (SSSR count). The lowest BCUT2D eigenvalue weighted by Gasteiger charge is -2.53. The number of fused-ring (bicyclic) bond motifs is 5. The van der Waals surface area contributed by atoms with Gasteiger partial charge in [-0.3, -0.25) is 9.88 Å². The molecule has 242 valence electrons. The number of aryl methyl sites for hydroxylation is 1. The molecule has 0 amide bonds. The minimum atomic E-state index is -2.06. The number of hydrogen-bond donors (Lipinski definition) is 0. The molecule has 0 radical (unpaired) electrons. The fourth-order valence-corrected chi connectivity index (χ4v) is 8.89. The number of benzene rings is 2. The lowest BCUT2D eigenvalue weighted by atomic mass is 9.71. The van der Waals surface area contributed by atoms with Crippen LogP contribution in [0.5, 0.6) is 17.2 Å². The van der Waals surface area contributed by atoms with Gasteiger partial charge in [0.2, 0.25) is 0 Å². The molecule has 1 aromatic heterocycles. The summed E-state index contributed by atoms with van der Waals surface area (Å²) in [6.45, 7) is 14.1. The van der Waals surface area contributed by atoms with E-state index in [0.29, 0.717) is 17.9 Å². The van der Waals surface area contributed by atoms with Crippen molar-refractivity contribution in [1.29, 1.82) is 0 Å². The van der Waals surface area contributed by atoms with E-state index < -0.39 is 8.32 Å². The first kappa shape index (κ1) is 32.1. The van der Waals surface area contributed by atoms with Crippen molar-refractivity contribution in [2.75, 3.05) is 34.4 Å². The van der Waals surface area contributed by atoms with E-state index >= 15 is 0 Å². The molecule has 3 unspecified atom stereocenters. The zero-order chi connectivity index (χ0) is 31.9. The first-order chi connectivity index (χ1) is 21.5. The normalized spacial score (nSPS) is 23.8. The summed E-state index contributed by atoms with van der Waals surface area (Å²) in [6, 6.07) is 13.2. The summed E-state index contributed by atoms with van der Waals surface area (Å²) in [5.41, 5.74) is 6.39. The number of ether oxygens (including phenoxy) is 3. The van der Waals surface area contributed by atoms with E-state index in [1.54, 1.807) is 21.3 Å². The van der Waals surface area contributed by atoms with Crippen LogP contribution in [0.25, 0.3) is 16.5 Å². The third-order valence-corrected chi connectivity index (χ3v) is 15.8. The van der Waals surface area contributed by atoms with Gasteiger partial charge in [0, 0.05) is 29.7 Å². The first-order valence-corrected chi connectivity index (χ1v) is 19.7. The Labute approximate surface area is 271 Å². The molecule has 4 heterocycles. The minimum absolute atomic E-state index is 0.00752. The minimum Gasteiger partial charge on any atom is -0.497 e. The summed E-state index contributed by atoms with van der Waals surface area (Å²) in [4.78, 5) is 7.66. The average Bonchev–Trinajstić information content (AvgIpc) is 3.04. The largest absolute Gasteiger partial charge is 0.497 e. The molecule has 5 atom stereocenters. The number of methoxy groups -OCH3 is 3. The SMILES string of the molecule is COc1ccc2ncc([C@@H](O[Si](C)(C)C(C)(C)C)[C@H]3CC4CCN3CC4CCC3=CCCc4cc(OC)c(OC)cc43)cc2c1. The van der Waals surface area contributed by atoms with Gasteiger partial charge in [0.05, 0.1) is 33.0 Å². The topological polar surface area (TPSA) is 53.1 Å². The van der Waals surface area contributed by atoms with Gasteiger partial charge >= 0.3 is 0 Å². The van der Waals surface area contributed by atoms with Crippen LogP contribution in [0.2, 0.25) is 18.1 Å². The van der Waals surface area contributed by atoms with Crippen LogP contribution in [0.3, 0.4) is 0 Å². The van der Waals surface area contributed by atoms with E-state index in [2.05, 4.69) is 75.3 Å². The van der Waals surface area contributed by atoms with Crippen molar-refractivity contribution in [2.24, 2.45) is 11.8 Å². The predicted molar refractivity (Wildman–Crippen MR) is 186 cm³/mol. The molecule has 3 saturated heterocycles. The fourth-order valence-electron chi connectivity index (χ4n) is 7.61. The second kappa shape index (κ2) is 12.7. The molecule has 2 aromatic carbocycles. The Morgan fingerprint density at radius 3 is 2.47 bits per heavy atom. The van der Waals surface area contributed by atoms with E-state index in [4.69, 9.17) is 23.6 Å². The number of aromatic nitrogens is 1. The molecule has 0 spiro atoms. The number of piperidine rings is 3. The quantitative estimate of drug-likeness (QED) is 0.209. The lowest BCUT2D eigenvalue weighted by Crippen LogP contribution is -2.57. The van der Waals surface area contributed by atoms with Crippen molar-refractivity contribution < 1.29 is 18.6 Å². The molecule has 0 saturated carbocycles. The van der Waals surface area contributed by atoms with Crippen LogP contribution < -0.4 is 14.2 Å². The Hall–Kier alpha value is -2.87.